The zero-order chi connectivity index (χ0) is 12.3. The van der Waals surface area contributed by atoms with Gasteiger partial charge in [0.2, 0.25) is 5.95 Å². The zero-order valence-corrected chi connectivity index (χ0v) is 12.4. The van der Waals surface area contributed by atoms with Crippen molar-refractivity contribution < 1.29 is 0 Å². The summed E-state index contributed by atoms with van der Waals surface area (Å²) in [5.41, 5.74) is 3.36. The molecule has 0 saturated carbocycles. The molecule has 4 N–H and O–H groups in total. The van der Waals surface area contributed by atoms with Gasteiger partial charge in [0.25, 0.3) is 0 Å². The van der Waals surface area contributed by atoms with E-state index >= 15 is 0 Å². The maximum atomic E-state index is 5.26. The predicted octanol–water partition coefficient (Wildman–Crippen LogP) is 2.87. The molecule has 0 atom stereocenters. The number of hydrogen-bond donors (Lipinski definition) is 3. The number of nitrogen functional groups attached to an aromatic ring is 1. The van der Waals surface area contributed by atoms with Crippen LogP contribution in [0.5, 0.6) is 0 Å². The number of hydrogen-bond acceptors (Lipinski definition) is 5. The van der Waals surface area contributed by atoms with Crippen molar-refractivity contribution >= 4 is 56.0 Å². The molecule has 17 heavy (non-hydrogen) atoms. The van der Waals surface area contributed by atoms with Crippen molar-refractivity contribution in [3.63, 3.8) is 0 Å². The molecule has 7 heteroatoms. The van der Waals surface area contributed by atoms with Crippen molar-refractivity contribution in [2.75, 3.05) is 10.7 Å². The number of benzene rings is 1. The summed E-state index contributed by atoms with van der Waals surface area (Å²) in [6.45, 7) is 0. The van der Waals surface area contributed by atoms with E-state index in [0.717, 1.165) is 10.2 Å². The van der Waals surface area contributed by atoms with Gasteiger partial charge in [0.05, 0.1) is 4.47 Å². The van der Waals surface area contributed by atoms with Crippen LogP contribution in [0.2, 0.25) is 0 Å². The van der Waals surface area contributed by atoms with Gasteiger partial charge in [0, 0.05) is 15.5 Å². The Hall–Kier alpha value is -0.930. The normalized spacial score (nSPS) is 10.1. The molecular weight excluding hydrogens is 397 g/mol. The maximum Gasteiger partial charge on any atom is 0.239 e. The Morgan fingerprint density at radius 2 is 1.94 bits per heavy atom. The minimum atomic E-state index is 0.362. The molecule has 0 bridgehead atoms. The van der Waals surface area contributed by atoms with Crippen molar-refractivity contribution in [3.05, 3.63) is 38.5 Å². The molecule has 88 valence electrons. The van der Waals surface area contributed by atoms with E-state index in [-0.39, 0.29) is 0 Å². The van der Waals surface area contributed by atoms with Crippen LogP contribution in [0, 0.1) is 3.57 Å². The molecule has 0 saturated heterocycles. The van der Waals surface area contributed by atoms with Crippen LogP contribution >= 0.6 is 38.5 Å². The van der Waals surface area contributed by atoms with Crippen LogP contribution in [0.3, 0.4) is 0 Å². The smallest absolute Gasteiger partial charge is 0.239 e. The molecule has 0 aliphatic rings. The molecule has 0 aliphatic heterocycles. The van der Waals surface area contributed by atoms with E-state index in [9.17, 15) is 0 Å². The molecule has 0 unspecified atom stereocenters. The van der Waals surface area contributed by atoms with Gasteiger partial charge in [0.15, 0.2) is 0 Å². The first-order valence-electron chi connectivity index (χ1n) is 4.71. The summed E-state index contributed by atoms with van der Waals surface area (Å²) in [6.07, 6.45) is 1.64. The summed E-state index contributed by atoms with van der Waals surface area (Å²) in [4.78, 5) is 8.18. The van der Waals surface area contributed by atoms with Gasteiger partial charge < -0.3 is 5.32 Å². The monoisotopic (exact) mass is 405 g/mol. The summed E-state index contributed by atoms with van der Waals surface area (Å²) in [6, 6.07) is 7.98. The predicted molar refractivity (Wildman–Crippen MR) is 80.0 cm³/mol. The molecular formula is C10H9BrIN5. The third-order valence-corrected chi connectivity index (χ3v) is 3.28. The van der Waals surface area contributed by atoms with Crippen molar-refractivity contribution in [3.8, 4) is 0 Å². The Labute approximate surface area is 120 Å². The SMILES string of the molecule is NNc1ncc(Br)c(Nc2ccc(I)cc2)n1. The van der Waals surface area contributed by atoms with Crippen molar-refractivity contribution in [2.45, 2.75) is 0 Å². The van der Waals surface area contributed by atoms with Gasteiger partial charge in [-0.25, -0.2) is 10.8 Å². The van der Waals surface area contributed by atoms with E-state index in [1.54, 1.807) is 6.20 Å². The van der Waals surface area contributed by atoms with E-state index in [4.69, 9.17) is 5.84 Å². The highest BCUT2D eigenvalue weighted by Crippen LogP contribution is 2.24. The van der Waals surface area contributed by atoms with Gasteiger partial charge in [0.1, 0.15) is 5.82 Å². The second kappa shape index (κ2) is 5.61. The summed E-state index contributed by atoms with van der Waals surface area (Å²) in [5.74, 6) is 6.29. The lowest BCUT2D eigenvalue weighted by atomic mass is 10.3. The number of rotatable bonds is 3. The maximum absolute atomic E-state index is 5.26. The largest absolute Gasteiger partial charge is 0.339 e. The number of nitrogens with two attached hydrogens (primary N) is 1. The summed E-state index contributed by atoms with van der Waals surface area (Å²) in [7, 11) is 0. The lowest BCUT2D eigenvalue weighted by Gasteiger charge is -2.08. The van der Waals surface area contributed by atoms with Crippen LogP contribution in [-0.2, 0) is 0 Å². The van der Waals surface area contributed by atoms with Gasteiger partial charge in [-0.3, -0.25) is 5.43 Å². The Morgan fingerprint density at radius 3 is 2.59 bits per heavy atom. The van der Waals surface area contributed by atoms with Gasteiger partial charge in [-0.2, -0.15) is 4.98 Å². The molecule has 0 radical (unpaired) electrons. The van der Waals surface area contributed by atoms with Crippen LogP contribution in [0.25, 0.3) is 0 Å². The Morgan fingerprint density at radius 1 is 1.24 bits per heavy atom. The minimum Gasteiger partial charge on any atom is -0.339 e. The fraction of sp³-hybridized carbons (Fsp3) is 0. The summed E-state index contributed by atoms with van der Waals surface area (Å²) < 4.78 is 1.95. The highest BCUT2D eigenvalue weighted by molar-refractivity contribution is 14.1. The Kier molecular flexibility index (Phi) is 4.13. The standard InChI is InChI=1S/C10H9BrIN5/c11-8-5-14-10(17-13)16-9(8)15-7-3-1-6(12)2-4-7/h1-5H,13H2,(H2,14,15,16,17). The quantitative estimate of drug-likeness (QED) is 0.416. The second-order valence-electron chi connectivity index (χ2n) is 3.17. The second-order valence-corrected chi connectivity index (χ2v) is 5.27. The third-order valence-electron chi connectivity index (χ3n) is 1.98. The van der Waals surface area contributed by atoms with Crippen molar-refractivity contribution in [1.82, 2.24) is 9.97 Å². The summed E-state index contributed by atoms with van der Waals surface area (Å²) >= 11 is 5.63. The molecule has 5 nitrogen and oxygen atoms in total. The minimum absolute atomic E-state index is 0.362. The van der Waals surface area contributed by atoms with Gasteiger partial charge in [-0.1, -0.05) is 0 Å². The van der Waals surface area contributed by atoms with Crippen LogP contribution < -0.4 is 16.6 Å². The fourth-order valence-electron chi connectivity index (χ4n) is 1.19. The zero-order valence-electron chi connectivity index (χ0n) is 8.61. The first-order chi connectivity index (χ1) is 8.19. The molecule has 1 heterocycles. The third kappa shape index (κ3) is 3.27. The fourth-order valence-corrected chi connectivity index (χ4v) is 1.84. The first-order valence-corrected chi connectivity index (χ1v) is 6.58. The molecule has 0 amide bonds. The Balaban J connectivity index is 2.25. The molecule has 0 aliphatic carbocycles. The van der Waals surface area contributed by atoms with Gasteiger partial charge in [-0.15, -0.1) is 0 Å². The molecule has 0 spiro atoms. The van der Waals surface area contributed by atoms with Crippen molar-refractivity contribution in [2.24, 2.45) is 5.84 Å². The number of aromatic nitrogens is 2. The van der Waals surface area contributed by atoms with E-state index in [1.807, 2.05) is 24.3 Å². The topological polar surface area (TPSA) is 75.9 Å². The molecule has 2 rings (SSSR count). The first kappa shape index (κ1) is 12.5. The van der Waals surface area contributed by atoms with Gasteiger partial charge in [-0.05, 0) is 62.8 Å². The highest BCUT2D eigenvalue weighted by atomic mass is 127. The molecule has 0 fully saturated rings. The van der Waals surface area contributed by atoms with Crippen LogP contribution in [0.4, 0.5) is 17.5 Å². The lowest BCUT2D eigenvalue weighted by molar-refractivity contribution is 1.11. The number of halogens is 2. The van der Waals surface area contributed by atoms with Crippen LogP contribution in [0.1, 0.15) is 0 Å². The number of anilines is 3. The van der Waals surface area contributed by atoms with Crippen LogP contribution in [0.15, 0.2) is 34.9 Å². The van der Waals surface area contributed by atoms with Gasteiger partial charge >= 0.3 is 0 Å². The van der Waals surface area contributed by atoms with E-state index in [2.05, 4.69) is 59.2 Å². The number of nitrogens with zero attached hydrogens (tertiary/aromatic N) is 2. The average Bonchev–Trinajstić information content (AvgIpc) is 2.35. The van der Waals surface area contributed by atoms with Crippen molar-refractivity contribution in [1.29, 1.82) is 0 Å². The summed E-state index contributed by atoms with van der Waals surface area (Å²) in [5, 5.41) is 3.18. The number of hydrazine groups is 1. The van der Waals surface area contributed by atoms with E-state index in [0.29, 0.717) is 11.8 Å². The molecule has 2 aromatic rings. The molecule has 1 aromatic carbocycles. The van der Waals surface area contributed by atoms with E-state index < -0.39 is 0 Å². The van der Waals surface area contributed by atoms with E-state index in [1.165, 1.54) is 3.57 Å². The highest BCUT2D eigenvalue weighted by Gasteiger charge is 2.04. The average molecular weight is 406 g/mol. The van der Waals surface area contributed by atoms with Crippen LogP contribution in [-0.4, -0.2) is 9.97 Å². The Bertz CT molecular complexity index is 517. The molecule has 1 aromatic heterocycles. The lowest BCUT2D eigenvalue weighted by Crippen LogP contribution is -2.11. The number of nitrogens with one attached hydrogen (secondary N) is 2.